The third-order valence-corrected chi connectivity index (χ3v) is 7.07. The molecule has 10 heteroatoms. The van der Waals surface area contributed by atoms with E-state index in [0.29, 0.717) is 46.2 Å². The van der Waals surface area contributed by atoms with Crippen molar-refractivity contribution in [1.29, 1.82) is 0 Å². The van der Waals surface area contributed by atoms with Crippen LogP contribution in [0, 0.1) is 11.7 Å². The number of nitrogens with one attached hydrogen (secondary N) is 1. The average Bonchev–Trinajstić information content (AvgIpc) is 2.86. The van der Waals surface area contributed by atoms with E-state index in [2.05, 4.69) is 10.3 Å². The van der Waals surface area contributed by atoms with Gasteiger partial charge in [-0.05, 0) is 59.9 Å². The Morgan fingerprint density at radius 3 is 2.74 bits per heavy atom. The van der Waals surface area contributed by atoms with Crippen molar-refractivity contribution in [2.75, 3.05) is 33.4 Å². The third kappa shape index (κ3) is 5.80. The fourth-order valence-corrected chi connectivity index (χ4v) is 4.63. The molecule has 0 saturated heterocycles. The van der Waals surface area contributed by atoms with Crippen molar-refractivity contribution in [2.45, 2.75) is 38.3 Å². The molecule has 1 aliphatic carbocycles. The number of aromatic nitrogens is 1. The minimum Gasteiger partial charge on any atom is -0.485 e. The number of nitrogen functional groups attached to an aromatic ring is 1. The summed E-state index contributed by atoms with van der Waals surface area (Å²) in [6.07, 6.45) is 7.03. The Morgan fingerprint density at radius 1 is 1.32 bits per heavy atom. The monoisotopic (exact) mass is 521 g/mol. The second-order valence-electron chi connectivity index (χ2n) is 9.98. The number of allylic oxidation sites excluding steroid dienone is 1. The van der Waals surface area contributed by atoms with Crippen LogP contribution in [0.15, 0.2) is 58.5 Å². The summed E-state index contributed by atoms with van der Waals surface area (Å²) >= 11 is 0. The van der Waals surface area contributed by atoms with E-state index in [0.717, 1.165) is 18.4 Å². The van der Waals surface area contributed by atoms with E-state index >= 15 is 0 Å². The SMILES string of the molecule is CN/C=C1/C/C(=C(/N)C(=O)N(C)C)C(=NCC2CCC2)c2cnc(N)c(c2)OCc2cc(F)ccc2C1N. The summed E-state index contributed by atoms with van der Waals surface area (Å²) in [5.41, 5.74) is 23.3. The van der Waals surface area contributed by atoms with Crippen LogP contribution in [-0.2, 0) is 11.4 Å². The van der Waals surface area contributed by atoms with Crippen LogP contribution in [0.2, 0.25) is 0 Å². The molecule has 9 nitrogen and oxygen atoms in total. The lowest BCUT2D eigenvalue weighted by Gasteiger charge is -2.26. The van der Waals surface area contributed by atoms with E-state index in [4.69, 9.17) is 26.9 Å². The normalized spacial score (nSPS) is 21.4. The van der Waals surface area contributed by atoms with Gasteiger partial charge in [0.05, 0.1) is 11.8 Å². The highest BCUT2D eigenvalue weighted by atomic mass is 19.1. The van der Waals surface area contributed by atoms with E-state index in [1.165, 1.54) is 23.5 Å². The van der Waals surface area contributed by atoms with Crippen LogP contribution < -0.4 is 27.3 Å². The molecule has 2 aromatic rings. The number of ether oxygens (including phenoxy) is 1. The lowest BCUT2D eigenvalue weighted by Crippen LogP contribution is -2.31. The second-order valence-corrected chi connectivity index (χ2v) is 9.98. The van der Waals surface area contributed by atoms with E-state index in [-0.39, 0.29) is 30.4 Å². The number of hydrogen-bond donors (Lipinski definition) is 4. The summed E-state index contributed by atoms with van der Waals surface area (Å²) < 4.78 is 20.3. The number of aliphatic imine (C=N–C) groups is 1. The Balaban J connectivity index is 1.97. The maximum absolute atomic E-state index is 14.2. The summed E-state index contributed by atoms with van der Waals surface area (Å²) in [7, 11) is 5.06. The first-order valence-corrected chi connectivity index (χ1v) is 12.7. The van der Waals surface area contributed by atoms with Gasteiger partial charge in [-0.3, -0.25) is 9.79 Å². The molecule has 2 aliphatic rings. The molecule has 1 aromatic heterocycles. The minimum absolute atomic E-state index is 0.0431. The van der Waals surface area contributed by atoms with Gasteiger partial charge < -0.3 is 32.2 Å². The Labute approximate surface area is 222 Å². The molecule has 0 radical (unpaired) electrons. The van der Waals surface area contributed by atoms with Gasteiger partial charge in [-0.1, -0.05) is 12.5 Å². The predicted molar refractivity (Wildman–Crippen MR) is 147 cm³/mol. The van der Waals surface area contributed by atoms with Crippen LogP contribution in [0.1, 0.15) is 48.4 Å². The summed E-state index contributed by atoms with van der Waals surface area (Å²) in [6.45, 7) is 0.642. The first-order chi connectivity index (χ1) is 18.2. The van der Waals surface area contributed by atoms with Gasteiger partial charge in [-0.25, -0.2) is 9.37 Å². The molecule has 202 valence electrons. The topological polar surface area (TPSA) is 145 Å². The van der Waals surface area contributed by atoms with Gasteiger partial charge in [-0.15, -0.1) is 0 Å². The molecule has 7 N–H and O–H groups in total. The average molecular weight is 522 g/mol. The maximum Gasteiger partial charge on any atom is 0.269 e. The van der Waals surface area contributed by atoms with Crippen molar-refractivity contribution >= 4 is 17.4 Å². The fraction of sp³-hybridized carbons (Fsp3) is 0.393. The van der Waals surface area contributed by atoms with E-state index < -0.39 is 11.9 Å². The zero-order valence-electron chi connectivity index (χ0n) is 22.1. The molecule has 1 atom stereocenters. The molecule has 1 aromatic carbocycles. The molecule has 1 saturated carbocycles. The van der Waals surface area contributed by atoms with Gasteiger partial charge in [0, 0.05) is 51.4 Å². The van der Waals surface area contributed by atoms with E-state index in [9.17, 15) is 9.18 Å². The van der Waals surface area contributed by atoms with Crippen molar-refractivity contribution in [2.24, 2.45) is 22.4 Å². The molecular formula is C28H36FN7O2. The first-order valence-electron chi connectivity index (χ1n) is 12.7. The standard InChI is InChI=1S/C28H36FN7O2/c1-33-13-17-10-22(25(31)28(37)36(2)3)26(34-12-16-5-4-6-16)18-11-23(27(32)35-14-18)38-15-19-9-20(29)7-8-21(19)24(17)30/h7-9,11,13-14,16,24,33H,4-6,10,12,15,30-31H2,1-3H3,(H2,32,35)/b17-13-,25-22-,34-26?. The van der Waals surface area contributed by atoms with Crippen LogP contribution in [0.3, 0.4) is 0 Å². The largest absolute Gasteiger partial charge is 0.485 e. The van der Waals surface area contributed by atoms with Gasteiger partial charge >= 0.3 is 0 Å². The zero-order chi connectivity index (χ0) is 27.4. The van der Waals surface area contributed by atoms with Crippen LogP contribution in [0.5, 0.6) is 5.75 Å². The molecule has 0 spiro atoms. The number of carbonyl (C=O) groups excluding carboxylic acids is 1. The third-order valence-electron chi connectivity index (χ3n) is 7.07. The fourth-order valence-electron chi connectivity index (χ4n) is 4.63. The number of fused-ring (bicyclic) bond motifs is 3. The molecule has 1 unspecified atom stereocenters. The molecule has 2 heterocycles. The minimum atomic E-state index is -0.639. The highest BCUT2D eigenvalue weighted by Crippen LogP contribution is 2.34. The quantitative estimate of drug-likeness (QED) is 0.453. The number of likely N-dealkylation sites (N-methyl/N-ethyl adjacent to an activating group) is 1. The molecule has 38 heavy (non-hydrogen) atoms. The molecule has 4 rings (SSSR count). The van der Waals surface area contributed by atoms with Crippen LogP contribution >= 0.6 is 0 Å². The highest BCUT2D eigenvalue weighted by Gasteiger charge is 2.27. The summed E-state index contributed by atoms with van der Waals surface area (Å²) in [5, 5.41) is 3.06. The Bertz CT molecular complexity index is 1300. The predicted octanol–water partition coefficient (Wildman–Crippen LogP) is 2.78. The number of nitrogens with zero attached hydrogens (tertiary/aromatic N) is 3. The van der Waals surface area contributed by atoms with Crippen molar-refractivity contribution < 1.29 is 13.9 Å². The molecule has 1 aliphatic heterocycles. The Kier molecular flexibility index (Phi) is 8.31. The maximum atomic E-state index is 14.2. The lowest BCUT2D eigenvalue weighted by atomic mass is 9.85. The zero-order valence-corrected chi connectivity index (χ0v) is 22.1. The lowest BCUT2D eigenvalue weighted by molar-refractivity contribution is -0.124. The molecular weight excluding hydrogens is 485 g/mol. The van der Waals surface area contributed by atoms with E-state index in [1.54, 1.807) is 45.7 Å². The van der Waals surface area contributed by atoms with Gasteiger partial charge in [0.1, 0.15) is 18.1 Å². The number of benzene rings is 1. The number of nitrogens with two attached hydrogens (primary N) is 3. The summed E-state index contributed by atoms with van der Waals surface area (Å²) in [6, 6.07) is 5.52. The van der Waals surface area contributed by atoms with E-state index in [1.807, 2.05) is 0 Å². The number of carbonyl (C=O) groups is 1. The smallest absolute Gasteiger partial charge is 0.269 e. The Morgan fingerprint density at radius 2 is 2.08 bits per heavy atom. The van der Waals surface area contributed by atoms with Crippen molar-refractivity contribution in [3.05, 3.63) is 76.0 Å². The van der Waals surface area contributed by atoms with Gasteiger partial charge in [0.2, 0.25) is 0 Å². The number of anilines is 1. The van der Waals surface area contributed by atoms with Crippen LogP contribution in [-0.4, -0.2) is 49.2 Å². The summed E-state index contributed by atoms with van der Waals surface area (Å²) in [4.78, 5) is 23.9. The van der Waals surface area contributed by atoms with Gasteiger partial charge in [-0.2, -0.15) is 0 Å². The molecule has 1 fully saturated rings. The van der Waals surface area contributed by atoms with Crippen molar-refractivity contribution in [3.8, 4) is 5.75 Å². The number of hydrogen-bond acceptors (Lipinski definition) is 8. The number of amides is 1. The van der Waals surface area contributed by atoms with Crippen molar-refractivity contribution in [3.63, 3.8) is 0 Å². The van der Waals surface area contributed by atoms with Gasteiger partial charge in [0.15, 0.2) is 11.6 Å². The van der Waals surface area contributed by atoms with Crippen LogP contribution in [0.4, 0.5) is 10.2 Å². The van der Waals surface area contributed by atoms with Gasteiger partial charge in [0.25, 0.3) is 5.91 Å². The Hall–Kier alpha value is -3.92. The van der Waals surface area contributed by atoms with Crippen LogP contribution in [0.25, 0.3) is 0 Å². The number of halogens is 1. The first kappa shape index (κ1) is 27.1. The number of pyridine rings is 1. The second kappa shape index (κ2) is 11.6. The highest BCUT2D eigenvalue weighted by molar-refractivity contribution is 6.16. The molecule has 1 amide bonds. The van der Waals surface area contributed by atoms with Crippen molar-refractivity contribution in [1.82, 2.24) is 15.2 Å². The summed E-state index contributed by atoms with van der Waals surface area (Å²) in [5.74, 6) is 0.237. The molecule has 2 bridgehead atoms. The number of rotatable bonds is 4.